The molecule has 1 saturated heterocycles. The first-order chi connectivity index (χ1) is 12.7. The van der Waals surface area contributed by atoms with Crippen LogP contribution in [0.4, 0.5) is 17.6 Å². The minimum atomic E-state index is 0.209. The molecular formula is C18H22N8. The first-order valence-corrected chi connectivity index (χ1v) is 8.74. The summed E-state index contributed by atoms with van der Waals surface area (Å²) < 4.78 is 2.20. The number of rotatable bonds is 4. The van der Waals surface area contributed by atoms with Gasteiger partial charge in [0.05, 0.1) is 6.54 Å². The molecule has 3 aromatic rings. The number of piperidine rings is 1. The van der Waals surface area contributed by atoms with Crippen molar-refractivity contribution in [1.82, 2.24) is 24.5 Å². The molecule has 1 atom stereocenters. The van der Waals surface area contributed by atoms with Crippen LogP contribution < -0.4 is 16.4 Å². The minimum Gasteiger partial charge on any atom is -0.383 e. The minimum absolute atomic E-state index is 0.209. The quantitative estimate of drug-likeness (QED) is 0.736. The summed E-state index contributed by atoms with van der Waals surface area (Å²) in [6, 6.07) is 5.81. The maximum absolute atomic E-state index is 5.83. The van der Waals surface area contributed by atoms with Crippen molar-refractivity contribution in [2.24, 2.45) is 0 Å². The van der Waals surface area contributed by atoms with E-state index in [0.717, 1.165) is 49.7 Å². The molecule has 1 fully saturated rings. The summed E-state index contributed by atoms with van der Waals surface area (Å²) >= 11 is 0. The maximum Gasteiger partial charge on any atom is 0.223 e. The summed E-state index contributed by atoms with van der Waals surface area (Å²) in [5.41, 5.74) is 12.7. The zero-order chi connectivity index (χ0) is 17.9. The number of nitrogen functional groups attached to an aromatic ring is 2. The van der Waals surface area contributed by atoms with E-state index in [1.807, 2.05) is 24.7 Å². The number of nitrogens with zero attached hydrogens (tertiary/aromatic N) is 6. The van der Waals surface area contributed by atoms with Gasteiger partial charge in [0, 0.05) is 49.9 Å². The molecule has 8 nitrogen and oxygen atoms in total. The van der Waals surface area contributed by atoms with Crippen LogP contribution in [-0.4, -0.2) is 37.6 Å². The number of nitrogens with two attached hydrogens (primary N) is 2. The largest absolute Gasteiger partial charge is 0.383 e. The molecule has 0 saturated carbocycles. The van der Waals surface area contributed by atoms with E-state index in [2.05, 4.69) is 35.5 Å². The average Bonchev–Trinajstić information content (AvgIpc) is 3.10. The Labute approximate surface area is 151 Å². The van der Waals surface area contributed by atoms with E-state index in [1.165, 1.54) is 0 Å². The van der Waals surface area contributed by atoms with Gasteiger partial charge in [0.25, 0.3) is 0 Å². The van der Waals surface area contributed by atoms with Crippen molar-refractivity contribution in [2.75, 3.05) is 29.5 Å². The number of aromatic nitrogens is 5. The van der Waals surface area contributed by atoms with Gasteiger partial charge in [-0.1, -0.05) is 6.07 Å². The second kappa shape index (κ2) is 6.99. The molecule has 0 spiro atoms. The van der Waals surface area contributed by atoms with Crippen LogP contribution >= 0.6 is 0 Å². The average molecular weight is 350 g/mol. The standard InChI is InChI=1S/C18H22N8/c19-15-9-16(24-18(20)23-15)25-7-2-4-14(12-25)17-22-6-8-26(17)11-13-3-1-5-21-10-13/h1,3,5-6,8-10,14H,2,4,7,11-12H2,(H4,19,20,23,24). The highest BCUT2D eigenvalue weighted by molar-refractivity contribution is 5.50. The van der Waals surface area contributed by atoms with E-state index in [-0.39, 0.29) is 5.95 Å². The Hall–Kier alpha value is -3.16. The third kappa shape index (κ3) is 3.44. The lowest BCUT2D eigenvalue weighted by Gasteiger charge is -2.33. The molecule has 134 valence electrons. The van der Waals surface area contributed by atoms with Crippen LogP contribution in [0.5, 0.6) is 0 Å². The fraction of sp³-hybridized carbons (Fsp3) is 0.333. The monoisotopic (exact) mass is 350 g/mol. The Morgan fingerprint density at radius 1 is 1.19 bits per heavy atom. The van der Waals surface area contributed by atoms with Gasteiger partial charge < -0.3 is 20.9 Å². The summed E-state index contributed by atoms with van der Waals surface area (Å²) in [5, 5.41) is 0. The summed E-state index contributed by atoms with van der Waals surface area (Å²) in [4.78, 5) is 19.3. The Morgan fingerprint density at radius 3 is 2.92 bits per heavy atom. The van der Waals surface area contributed by atoms with Crippen molar-refractivity contribution in [1.29, 1.82) is 0 Å². The van der Waals surface area contributed by atoms with Gasteiger partial charge in [-0.25, -0.2) is 4.98 Å². The Bertz CT molecular complexity index is 856. The van der Waals surface area contributed by atoms with Crippen molar-refractivity contribution in [3.05, 3.63) is 54.4 Å². The van der Waals surface area contributed by atoms with Crippen molar-refractivity contribution < 1.29 is 0 Å². The van der Waals surface area contributed by atoms with Gasteiger partial charge in [0.1, 0.15) is 17.5 Å². The van der Waals surface area contributed by atoms with Crippen molar-refractivity contribution >= 4 is 17.6 Å². The number of hydrogen-bond acceptors (Lipinski definition) is 7. The van der Waals surface area contributed by atoms with Gasteiger partial charge in [-0.3, -0.25) is 4.98 Å². The summed E-state index contributed by atoms with van der Waals surface area (Å²) in [6.07, 6.45) is 9.73. The first-order valence-electron chi connectivity index (χ1n) is 8.74. The molecule has 0 amide bonds. The highest BCUT2D eigenvalue weighted by Gasteiger charge is 2.26. The zero-order valence-corrected chi connectivity index (χ0v) is 14.5. The first kappa shape index (κ1) is 16.3. The summed E-state index contributed by atoms with van der Waals surface area (Å²) in [6.45, 7) is 2.53. The van der Waals surface area contributed by atoms with Crippen LogP contribution in [0, 0.1) is 0 Å². The van der Waals surface area contributed by atoms with Gasteiger partial charge in [0.15, 0.2) is 0 Å². The van der Waals surface area contributed by atoms with Crippen LogP contribution in [0.1, 0.15) is 30.1 Å². The van der Waals surface area contributed by atoms with Crippen molar-refractivity contribution in [3.8, 4) is 0 Å². The molecule has 0 radical (unpaired) electrons. The maximum atomic E-state index is 5.83. The smallest absolute Gasteiger partial charge is 0.223 e. The number of imidazole rings is 1. The van der Waals surface area contributed by atoms with E-state index in [1.54, 1.807) is 12.3 Å². The molecule has 26 heavy (non-hydrogen) atoms. The molecule has 1 unspecified atom stereocenters. The van der Waals surface area contributed by atoms with Crippen LogP contribution in [0.25, 0.3) is 0 Å². The van der Waals surface area contributed by atoms with Gasteiger partial charge in [-0.2, -0.15) is 9.97 Å². The van der Waals surface area contributed by atoms with E-state index in [9.17, 15) is 0 Å². The molecule has 4 N–H and O–H groups in total. The second-order valence-electron chi connectivity index (χ2n) is 6.57. The van der Waals surface area contributed by atoms with Crippen molar-refractivity contribution in [2.45, 2.75) is 25.3 Å². The highest BCUT2D eigenvalue weighted by atomic mass is 15.2. The molecule has 4 rings (SSSR count). The van der Waals surface area contributed by atoms with E-state index >= 15 is 0 Å². The molecule has 0 aliphatic carbocycles. The predicted octanol–water partition coefficient (Wildman–Crippen LogP) is 1.66. The van der Waals surface area contributed by atoms with Crippen LogP contribution in [-0.2, 0) is 6.54 Å². The normalized spacial score (nSPS) is 17.4. The van der Waals surface area contributed by atoms with Crippen LogP contribution in [0.15, 0.2) is 43.0 Å². The Kier molecular flexibility index (Phi) is 4.39. The molecule has 3 aromatic heterocycles. The number of anilines is 3. The van der Waals surface area contributed by atoms with E-state index in [4.69, 9.17) is 11.5 Å². The molecule has 1 aliphatic heterocycles. The molecule has 1 aliphatic rings. The lowest BCUT2D eigenvalue weighted by Crippen LogP contribution is -2.36. The van der Waals surface area contributed by atoms with Gasteiger partial charge in [-0.15, -0.1) is 0 Å². The van der Waals surface area contributed by atoms with Gasteiger partial charge in [0.2, 0.25) is 5.95 Å². The van der Waals surface area contributed by atoms with Gasteiger partial charge in [-0.05, 0) is 24.5 Å². The fourth-order valence-corrected chi connectivity index (χ4v) is 3.53. The third-order valence-corrected chi connectivity index (χ3v) is 4.68. The Balaban J connectivity index is 1.54. The van der Waals surface area contributed by atoms with E-state index < -0.39 is 0 Å². The van der Waals surface area contributed by atoms with E-state index in [0.29, 0.717) is 11.7 Å². The highest BCUT2D eigenvalue weighted by Crippen LogP contribution is 2.29. The second-order valence-corrected chi connectivity index (χ2v) is 6.57. The topological polar surface area (TPSA) is 112 Å². The summed E-state index contributed by atoms with van der Waals surface area (Å²) in [5.74, 6) is 2.80. The molecule has 8 heteroatoms. The molecule has 4 heterocycles. The molecular weight excluding hydrogens is 328 g/mol. The van der Waals surface area contributed by atoms with Crippen LogP contribution in [0.3, 0.4) is 0 Å². The number of pyridine rings is 1. The number of hydrogen-bond donors (Lipinski definition) is 2. The SMILES string of the molecule is Nc1cc(N2CCCC(c3nccn3Cc3cccnc3)C2)nc(N)n1. The van der Waals surface area contributed by atoms with Gasteiger partial charge >= 0.3 is 0 Å². The predicted molar refractivity (Wildman–Crippen MR) is 101 cm³/mol. The van der Waals surface area contributed by atoms with Crippen molar-refractivity contribution in [3.63, 3.8) is 0 Å². The lowest BCUT2D eigenvalue weighted by molar-refractivity contribution is 0.474. The van der Waals surface area contributed by atoms with Crippen LogP contribution in [0.2, 0.25) is 0 Å². The fourth-order valence-electron chi connectivity index (χ4n) is 3.53. The zero-order valence-electron chi connectivity index (χ0n) is 14.5. The molecule has 0 bridgehead atoms. The molecule has 0 aromatic carbocycles. The Morgan fingerprint density at radius 2 is 2.12 bits per heavy atom. The lowest BCUT2D eigenvalue weighted by atomic mass is 9.97. The third-order valence-electron chi connectivity index (χ3n) is 4.68. The summed E-state index contributed by atoms with van der Waals surface area (Å²) in [7, 11) is 0.